The smallest absolute Gasteiger partial charge is 0.341 e. The second-order valence-corrected chi connectivity index (χ2v) is 9.33. The first-order valence-electron chi connectivity index (χ1n) is 9.71. The summed E-state index contributed by atoms with van der Waals surface area (Å²) >= 11 is 2.40. The molecule has 0 aliphatic carbocycles. The molecule has 166 valence electrons. The van der Waals surface area contributed by atoms with Gasteiger partial charge < -0.3 is 21.1 Å². The lowest BCUT2D eigenvalue weighted by Crippen LogP contribution is -2.23. The molecule has 3 aromatic rings. The largest absolute Gasteiger partial charge is 0.465 e. The van der Waals surface area contributed by atoms with Crippen molar-refractivity contribution in [3.05, 3.63) is 70.6 Å². The maximum Gasteiger partial charge on any atom is 0.341 e. The lowest BCUT2D eigenvalue weighted by Gasteiger charge is -2.12. The highest BCUT2D eigenvalue weighted by Crippen LogP contribution is 2.35. The van der Waals surface area contributed by atoms with E-state index in [1.165, 1.54) is 18.9 Å². The molecule has 0 radical (unpaired) electrons. The number of nitrogens with one attached hydrogen (secondary N) is 2. The Hall–Kier alpha value is -3.30. The van der Waals surface area contributed by atoms with Gasteiger partial charge in [-0.25, -0.2) is 4.79 Å². The molecule has 7 nitrogen and oxygen atoms in total. The van der Waals surface area contributed by atoms with Gasteiger partial charge in [0.2, 0.25) is 5.91 Å². The number of rotatable bonds is 7. The number of nitrogens with two attached hydrogens (primary N) is 1. The van der Waals surface area contributed by atoms with E-state index in [-0.39, 0.29) is 22.4 Å². The third-order valence-corrected chi connectivity index (χ3v) is 6.89. The normalized spacial score (nSPS) is 11.5. The van der Waals surface area contributed by atoms with E-state index in [1.807, 2.05) is 30.3 Å². The molecule has 2 amide bonds. The Labute approximate surface area is 194 Å². The number of ether oxygens (including phenoxy) is 1. The van der Waals surface area contributed by atoms with E-state index < -0.39 is 11.2 Å². The highest BCUT2D eigenvalue weighted by Gasteiger charge is 2.27. The second-order valence-electron chi connectivity index (χ2n) is 6.89. The van der Waals surface area contributed by atoms with Crippen LogP contribution in [0.25, 0.3) is 0 Å². The summed E-state index contributed by atoms with van der Waals surface area (Å²) in [6.45, 7) is 3.42. The molecule has 0 saturated heterocycles. The monoisotopic (exact) mass is 469 g/mol. The molecule has 0 spiro atoms. The molecule has 1 aromatic heterocycles. The zero-order valence-electron chi connectivity index (χ0n) is 17.8. The average Bonchev–Trinajstić information content (AvgIpc) is 3.11. The van der Waals surface area contributed by atoms with Crippen LogP contribution in [0.4, 0.5) is 16.4 Å². The number of nitrogen functional groups attached to an aromatic ring is 1. The van der Waals surface area contributed by atoms with E-state index in [1.54, 1.807) is 38.1 Å². The topological polar surface area (TPSA) is 111 Å². The molecule has 1 heterocycles. The Morgan fingerprint density at radius 2 is 1.69 bits per heavy atom. The van der Waals surface area contributed by atoms with Crippen LogP contribution in [0, 0.1) is 6.92 Å². The molecule has 0 saturated carbocycles. The number of carbonyl (C=O) groups excluding carboxylic acids is 3. The van der Waals surface area contributed by atoms with Crippen LogP contribution in [-0.2, 0) is 9.53 Å². The summed E-state index contributed by atoms with van der Waals surface area (Å²) in [4.78, 5) is 39.3. The number of thioether (sulfide) groups is 1. The van der Waals surface area contributed by atoms with Crippen molar-refractivity contribution in [3.63, 3.8) is 0 Å². The summed E-state index contributed by atoms with van der Waals surface area (Å²) in [6, 6.07) is 16.2. The first-order chi connectivity index (χ1) is 15.3. The van der Waals surface area contributed by atoms with Crippen LogP contribution >= 0.6 is 23.1 Å². The van der Waals surface area contributed by atoms with Crippen molar-refractivity contribution in [2.45, 2.75) is 24.0 Å². The molecule has 3 rings (SSSR count). The maximum atomic E-state index is 12.8. The van der Waals surface area contributed by atoms with E-state index in [2.05, 4.69) is 10.6 Å². The van der Waals surface area contributed by atoms with E-state index >= 15 is 0 Å². The fourth-order valence-corrected chi connectivity index (χ4v) is 4.85. The number of esters is 1. The van der Waals surface area contributed by atoms with Crippen molar-refractivity contribution in [3.8, 4) is 0 Å². The molecule has 0 aliphatic heterocycles. The van der Waals surface area contributed by atoms with E-state index in [0.717, 1.165) is 16.2 Å². The molecule has 1 atom stereocenters. The number of thiophene rings is 1. The van der Waals surface area contributed by atoms with Crippen LogP contribution in [0.5, 0.6) is 0 Å². The number of anilines is 3. The predicted octanol–water partition coefficient (Wildman–Crippen LogP) is 4.80. The molecule has 0 aliphatic rings. The summed E-state index contributed by atoms with van der Waals surface area (Å²) in [5, 5.41) is 5.42. The van der Waals surface area contributed by atoms with Gasteiger partial charge in [-0.05, 0) is 55.8 Å². The lowest BCUT2D eigenvalue weighted by molar-refractivity contribution is -0.115. The number of para-hydroxylation sites is 1. The molecule has 0 fully saturated rings. The van der Waals surface area contributed by atoms with E-state index in [0.29, 0.717) is 21.8 Å². The summed E-state index contributed by atoms with van der Waals surface area (Å²) in [5.74, 6) is -1.28. The number of hydrogen-bond acceptors (Lipinski definition) is 7. The highest BCUT2D eigenvalue weighted by atomic mass is 32.2. The van der Waals surface area contributed by atoms with Gasteiger partial charge in [0, 0.05) is 16.3 Å². The molecular weight excluding hydrogens is 446 g/mol. The Kier molecular flexibility index (Phi) is 7.55. The fourth-order valence-electron chi connectivity index (χ4n) is 2.89. The minimum Gasteiger partial charge on any atom is -0.465 e. The summed E-state index contributed by atoms with van der Waals surface area (Å²) in [5.41, 5.74) is 7.60. The molecule has 32 heavy (non-hydrogen) atoms. The third-order valence-electron chi connectivity index (χ3n) is 4.57. The van der Waals surface area contributed by atoms with E-state index in [9.17, 15) is 14.4 Å². The molecule has 2 aromatic carbocycles. The van der Waals surface area contributed by atoms with Crippen molar-refractivity contribution < 1.29 is 19.1 Å². The van der Waals surface area contributed by atoms with Crippen molar-refractivity contribution in [2.75, 3.05) is 23.5 Å². The quantitative estimate of drug-likeness (QED) is 0.260. The van der Waals surface area contributed by atoms with Gasteiger partial charge in [0.1, 0.15) is 5.00 Å². The number of carbonyl (C=O) groups is 3. The van der Waals surface area contributed by atoms with E-state index in [4.69, 9.17) is 10.5 Å². The minimum absolute atomic E-state index is 0.175. The third kappa shape index (κ3) is 5.49. The van der Waals surface area contributed by atoms with Crippen LogP contribution in [0.3, 0.4) is 0 Å². The van der Waals surface area contributed by atoms with Gasteiger partial charge in [0.05, 0.1) is 22.8 Å². The van der Waals surface area contributed by atoms with Gasteiger partial charge in [-0.1, -0.05) is 18.2 Å². The Morgan fingerprint density at radius 1 is 1.03 bits per heavy atom. The molecule has 9 heteroatoms. The van der Waals surface area contributed by atoms with Crippen molar-refractivity contribution in [1.29, 1.82) is 0 Å². The highest BCUT2D eigenvalue weighted by molar-refractivity contribution is 8.00. The van der Waals surface area contributed by atoms with Gasteiger partial charge >= 0.3 is 5.97 Å². The summed E-state index contributed by atoms with van der Waals surface area (Å²) in [6.07, 6.45) is 0. The zero-order chi connectivity index (χ0) is 23.3. The van der Waals surface area contributed by atoms with Gasteiger partial charge in [-0.15, -0.1) is 23.1 Å². The van der Waals surface area contributed by atoms with Crippen LogP contribution in [-0.4, -0.2) is 30.1 Å². The molecule has 4 N–H and O–H groups in total. The number of methoxy groups -OCH3 is 1. The first kappa shape index (κ1) is 23.4. The van der Waals surface area contributed by atoms with Gasteiger partial charge in [-0.3, -0.25) is 9.59 Å². The first-order valence-corrected chi connectivity index (χ1v) is 11.4. The standard InChI is InChI=1S/C23H23N3O4S2/c1-13-18(23(29)30-3)22(32-19(13)21(28)25-16-7-5-4-6-8-16)26-20(27)14(2)31-17-11-9-15(24)10-12-17/h4-12,14H,24H2,1-3H3,(H,25,28)(H,26,27). The van der Waals surface area contributed by atoms with Crippen LogP contribution < -0.4 is 16.4 Å². The predicted molar refractivity (Wildman–Crippen MR) is 130 cm³/mol. The Bertz CT molecular complexity index is 1130. The molecule has 0 bridgehead atoms. The number of amides is 2. The van der Waals surface area contributed by atoms with Gasteiger partial charge in [0.15, 0.2) is 0 Å². The number of hydrogen-bond donors (Lipinski definition) is 3. The van der Waals surface area contributed by atoms with Crippen LogP contribution in [0.2, 0.25) is 0 Å². The fraction of sp³-hybridized carbons (Fsp3) is 0.174. The SMILES string of the molecule is COC(=O)c1c(NC(=O)C(C)Sc2ccc(N)cc2)sc(C(=O)Nc2ccccc2)c1C. The molecular formula is C23H23N3O4S2. The minimum atomic E-state index is -0.619. The van der Waals surface area contributed by atoms with Crippen molar-refractivity contribution in [2.24, 2.45) is 0 Å². The average molecular weight is 470 g/mol. The Balaban J connectivity index is 1.82. The maximum absolute atomic E-state index is 12.8. The van der Waals surface area contributed by atoms with Gasteiger partial charge in [-0.2, -0.15) is 0 Å². The van der Waals surface area contributed by atoms with Gasteiger partial charge in [0.25, 0.3) is 5.91 Å². The summed E-state index contributed by atoms with van der Waals surface area (Å²) < 4.78 is 4.89. The zero-order valence-corrected chi connectivity index (χ0v) is 19.4. The summed E-state index contributed by atoms with van der Waals surface area (Å²) in [7, 11) is 1.26. The van der Waals surface area contributed by atoms with Crippen LogP contribution in [0.1, 0.15) is 32.5 Å². The number of benzene rings is 2. The van der Waals surface area contributed by atoms with Crippen molar-refractivity contribution in [1.82, 2.24) is 0 Å². The second kappa shape index (κ2) is 10.3. The Morgan fingerprint density at radius 3 is 2.31 bits per heavy atom. The molecule has 1 unspecified atom stereocenters. The van der Waals surface area contributed by atoms with Crippen molar-refractivity contribution >= 4 is 57.3 Å². The van der Waals surface area contributed by atoms with Crippen LogP contribution in [0.15, 0.2) is 59.5 Å². The lowest BCUT2D eigenvalue weighted by atomic mass is 10.1.